The van der Waals surface area contributed by atoms with Crippen molar-refractivity contribution in [1.29, 1.82) is 0 Å². The lowest BCUT2D eigenvalue weighted by Gasteiger charge is -2.13. The summed E-state index contributed by atoms with van der Waals surface area (Å²) in [6, 6.07) is 7.76. The van der Waals surface area contributed by atoms with Gasteiger partial charge in [-0.3, -0.25) is 9.59 Å². The minimum Gasteiger partial charge on any atom is -0.366 e. The van der Waals surface area contributed by atoms with Crippen molar-refractivity contribution < 1.29 is 14.0 Å². The molecule has 1 fully saturated rings. The topological polar surface area (TPSA) is 85.1 Å². The number of nitrogens with two attached hydrogens (primary N) is 1. The van der Waals surface area contributed by atoms with Crippen LogP contribution in [0.4, 0.5) is 4.39 Å². The first kappa shape index (κ1) is 16.1. The minimum absolute atomic E-state index is 0.149. The summed E-state index contributed by atoms with van der Waals surface area (Å²) >= 11 is 0. The van der Waals surface area contributed by atoms with Crippen LogP contribution in [-0.2, 0) is 6.42 Å². The summed E-state index contributed by atoms with van der Waals surface area (Å²) in [6.45, 7) is 0. The molecule has 0 bridgehead atoms. The second-order valence-electron chi connectivity index (χ2n) is 5.95. The number of nitrogens with zero attached hydrogens (tertiary/aromatic N) is 1. The van der Waals surface area contributed by atoms with E-state index in [0.717, 1.165) is 12.8 Å². The highest BCUT2D eigenvalue weighted by molar-refractivity contribution is 6.01. The quantitative estimate of drug-likeness (QED) is 0.882. The molecule has 6 heteroatoms. The number of hydrogen-bond donors (Lipinski definition) is 2. The number of amides is 2. The second-order valence-corrected chi connectivity index (χ2v) is 5.95. The summed E-state index contributed by atoms with van der Waals surface area (Å²) in [5.41, 5.74) is 7.94. The van der Waals surface area contributed by atoms with Crippen LogP contribution in [0, 0.1) is 5.82 Å². The first-order valence-electron chi connectivity index (χ1n) is 7.79. The molecule has 1 aliphatic rings. The predicted molar refractivity (Wildman–Crippen MR) is 87.3 cm³/mol. The normalized spacial score (nSPS) is 13.6. The molecule has 5 nitrogen and oxygen atoms in total. The van der Waals surface area contributed by atoms with Crippen molar-refractivity contribution in [3.05, 3.63) is 64.2 Å². The zero-order valence-electron chi connectivity index (χ0n) is 13.3. The Kier molecular flexibility index (Phi) is 4.29. The van der Waals surface area contributed by atoms with Gasteiger partial charge < -0.3 is 11.1 Å². The van der Waals surface area contributed by atoms with Gasteiger partial charge >= 0.3 is 0 Å². The lowest BCUT2D eigenvalue weighted by Crippen LogP contribution is -2.25. The Hall–Kier alpha value is -2.76. The van der Waals surface area contributed by atoms with Crippen molar-refractivity contribution in [2.75, 3.05) is 7.05 Å². The maximum absolute atomic E-state index is 13.4. The van der Waals surface area contributed by atoms with Gasteiger partial charge in [0.2, 0.25) is 5.91 Å². The fraction of sp³-hybridized carbons (Fsp3) is 0.278. The van der Waals surface area contributed by atoms with Crippen LogP contribution in [0.2, 0.25) is 0 Å². The van der Waals surface area contributed by atoms with E-state index < -0.39 is 5.91 Å². The molecule has 0 saturated heterocycles. The maximum Gasteiger partial charge on any atom is 0.269 e. The highest BCUT2D eigenvalue weighted by atomic mass is 19.1. The number of hydrogen-bond acceptors (Lipinski definition) is 3. The molecule has 0 aliphatic heterocycles. The van der Waals surface area contributed by atoms with Crippen molar-refractivity contribution in [3.8, 4) is 0 Å². The Labute approximate surface area is 139 Å². The Morgan fingerprint density at radius 2 is 2.08 bits per heavy atom. The van der Waals surface area contributed by atoms with E-state index in [1.54, 1.807) is 18.2 Å². The lowest BCUT2D eigenvalue weighted by molar-refractivity contribution is 0.0957. The molecule has 2 aromatic rings. The Morgan fingerprint density at radius 1 is 1.33 bits per heavy atom. The van der Waals surface area contributed by atoms with E-state index in [1.165, 1.54) is 19.2 Å². The molecule has 0 radical (unpaired) electrons. The maximum atomic E-state index is 13.4. The summed E-state index contributed by atoms with van der Waals surface area (Å²) in [7, 11) is 1.52. The van der Waals surface area contributed by atoms with Crippen LogP contribution < -0.4 is 11.1 Å². The Morgan fingerprint density at radius 3 is 2.67 bits per heavy atom. The fourth-order valence-corrected chi connectivity index (χ4v) is 2.84. The monoisotopic (exact) mass is 327 g/mol. The lowest BCUT2D eigenvalue weighted by atomic mass is 9.97. The van der Waals surface area contributed by atoms with E-state index in [9.17, 15) is 14.0 Å². The first-order chi connectivity index (χ1) is 11.5. The highest BCUT2D eigenvalue weighted by Gasteiger charge is 2.33. The summed E-state index contributed by atoms with van der Waals surface area (Å²) in [4.78, 5) is 28.5. The molecule has 124 valence electrons. The van der Waals surface area contributed by atoms with Crippen molar-refractivity contribution in [3.63, 3.8) is 0 Å². The second kappa shape index (κ2) is 6.39. The number of nitrogens with one attached hydrogen (secondary N) is 1. The van der Waals surface area contributed by atoms with Gasteiger partial charge in [-0.1, -0.05) is 12.1 Å². The molecule has 1 aromatic heterocycles. The number of pyridine rings is 1. The number of aromatic nitrogens is 1. The Balaban J connectivity index is 2.08. The fourth-order valence-electron chi connectivity index (χ4n) is 2.84. The molecular formula is C18H18FN3O2. The molecule has 1 saturated carbocycles. The van der Waals surface area contributed by atoms with Crippen LogP contribution in [-0.4, -0.2) is 23.8 Å². The van der Waals surface area contributed by atoms with Crippen LogP contribution in [0.3, 0.4) is 0 Å². The van der Waals surface area contributed by atoms with Gasteiger partial charge in [0, 0.05) is 24.7 Å². The summed E-state index contributed by atoms with van der Waals surface area (Å²) < 4.78 is 13.4. The summed E-state index contributed by atoms with van der Waals surface area (Å²) in [6.07, 6.45) is 2.14. The number of primary amides is 1. The van der Waals surface area contributed by atoms with Crippen molar-refractivity contribution in [1.82, 2.24) is 10.3 Å². The molecule has 3 rings (SSSR count). The van der Waals surface area contributed by atoms with E-state index >= 15 is 0 Å². The van der Waals surface area contributed by atoms with E-state index in [0.29, 0.717) is 28.8 Å². The average molecular weight is 327 g/mol. The number of carbonyl (C=O) groups is 2. The zero-order chi connectivity index (χ0) is 17.3. The average Bonchev–Trinajstić information content (AvgIpc) is 3.38. The van der Waals surface area contributed by atoms with Gasteiger partial charge in [0.25, 0.3) is 5.91 Å². The van der Waals surface area contributed by atoms with Crippen LogP contribution in [0.1, 0.15) is 56.4 Å². The van der Waals surface area contributed by atoms with Gasteiger partial charge in [-0.25, -0.2) is 9.37 Å². The SMILES string of the molecule is CNC(=O)c1nc(Cc2cccc(F)c2)cc(C(N)=O)c1C1CC1. The number of benzene rings is 1. The number of rotatable bonds is 5. The molecule has 0 spiro atoms. The van der Waals surface area contributed by atoms with E-state index in [2.05, 4.69) is 10.3 Å². The third-order valence-electron chi connectivity index (χ3n) is 4.08. The van der Waals surface area contributed by atoms with Gasteiger partial charge in [0.05, 0.1) is 0 Å². The molecule has 1 heterocycles. The van der Waals surface area contributed by atoms with E-state index in [1.807, 2.05) is 0 Å². The van der Waals surface area contributed by atoms with Crippen molar-refractivity contribution in [2.45, 2.75) is 25.2 Å². The predicted octanol–water partition coefficient (Wildman–Crippen LogP) is 2.15. The van der Waals surface area contributed by atoms with Gasteiger partial charge in [-0.2, -0.15) is 0 Å². The first-order valence-corrected chi connectivity index (χ1v) is 7.79. The van der Waals surface area contributed by atoms with E-state index in [-0.39, 0.29) is 23.3 Å². The van der Waals surface area contributed by atoms with E-state index in [4.69, 9.17) is 5.73 Å². The molecule has 3 N–H and O–H groups in total. The third kappa shape index (κ3) is 3.27. The molecule has 1 aromatic carbocycles. The van der Waals surface area contributed by atoms with Gasteiger partial charge in [-0.15, -0.1) is 0 Å². The zero-order valence-corrected chi connectivity index (χ0v) is 13.3. The van der Waals surface area contributed by atoms with Crippen LogP contribution >= 0.6 is 0 Å². The minimum atomic E-state index is -0.579. The van der Waals surface area contributed by atoms with Crippen molar-refractivity contribution in [2.24, 2.45) is 5.73 Å². The third-order valence-corrected chi connectivity index (χ3v) is 4.08. The molecule has 24 heavy (non-hydrogen) atoms. The van der Waals surface area contributed by atoms with Crippen LogP contribution in [0.5, 0.6) is 0 Å². The van der Waals surface area contributed by atoms with Crippen LogP contribution in [0.25, 0.3) is 0 Å². The number of carbonyl (C=O) groups excluding carboxylic acids is 2. The summed E-state index contributed by atoms with van der Waals surface area (Å²) in [5.74, 6) is -1.12. The van der Waals surface area contributed by atoms with Gasteiger partial charge in [-0.05, 0) is 48.1 Å². The van der Waals surface area contributed by atoms with Crippen molar-refractivity contribution >= 4 is 11.8 Å². The smallest absolute Gasteiger partial charge is 0.269 e. The molecule has 1 aliphatic carbocycles. The highest BCUT2D eigenvalue weighted by Crippen LogP contribution is 2.43. The van der Waals surface area contributed by atoms with Gasteiger partial charge in [0.15, 0.2) is 0 Å². The number of halogens is 1. The molecule has 0 atom stereocenters. The van der Waals surface area contributed by atoms with Gasteiger partial charge in [0.1, 0.15) is 11.5 Å². The molecular weight excluding hydrogens is 309 g/mol. The molecule has 2 amide bonds. The molecule has 0 unspecified atom stereocenters. The van der Waals surface area contributed by atoms with Crippen LogP contribution in [0.15, 0.2) is 30.3 Å². The standard InChI is InChI=1S/C18H18FN3O2/c1-21-18(24)16-15(11-5-6-11)14(17(20)23)9-13(22-16)8-10-3-2-4-12(19)7-10/h2-4,7,9,11H,5-6,8H2,1H3,(H2,20,23)(H,21,24). The Bertz CT molecular complexity index is 816. The largest absolute Gasteiger partial charge is 0.366 e. The summed E-state index contributed by atoms with van der Waals surface area (Å²) in [5, 5.41) is 2.56.